The average Bonchev–Trinajstić information content (AvgIpc) is 2.78. The van der Waals surface area contributed by atoms with Gasteiger partial charge in [-0.25, -0.2) is 4.79 Å². The predicted molar refractivity (Wildman–Crippen MR) is 91.1 cm³/mol. The van der Waals surface area contributed by atoms with Crippen LogP contribution in [0.2, 0.25) is 0 Å². The van der Waals surface area contributed by atoms with E-state index < -0.39 is 23.4 Å². The number of hydrazine groups is 1. The Hall–Kier alpha value is -2.06. The second-order valence-electron chi connectivity index (χ2n) is 5.70. The van der Waals surface area contributed by atoms with Gasteiger partial charge in [-0.2, -0.15) is 5.01 Å². The summed E-state index contributed by atoms with van der Waals surface area (Å²) in [6.45, 7) is 1.63. The van der Waals surface area contributed by atoms with Gasteiger partial charge in [0.25, 0.3) is 5.91 Å². The van der Waals surface area contributed by atoms with Gasteiger partial charge in [0.1, 0.15) is 5.54 Å². The van der Waals surface area contributed by atoms with Crippen LogP contribution in [0, 0.1) is 0 Å². The molecule has 0 saturated carbocycles. The number of urea groups is 1. The molecule has 1 heterocycles. The third kappa shape index (κ3) is 4.48. The van der Waals surface area contributed by atoms with Gasteiger partial charge in [-0.3, -0.25) is 15.0 Å². The monoisotopic (exact) mass is 351 g/mol. The van der Waals surface area contributed by atoms with Crippen molar-refractivity contribution in [2.24, 2.45) is 0 Å². The van der Waals surface area contributed by atoms with Crippen molar-refractivity contribution in [2.45, 2.75) is 25.3 Å². The van der Waals surface area contributed by atoms with Crippen LogP contribution in [-0.4, -0.2) is 51.6 Å². The van der Waals surface area contributed by atoms with Gasteiger partial charge in [-0.15, -0.1) is 11.8 Å². The number of carbonyl (C=O) groups is 3. The van der Waals surface area contributed by atoms with Gasteiger partial charge in [-0.1, -0.05) is 30.3 Å². The summed E-state index contributed by atoms with van der Waals surface area (Å²) in [6, 6.07) is 9.05. The maximum atomic E-state index is 12.5. The molecule has 0 spiro atoms. The highest BCUT2D eigenvalue weighted by Crippen LogP contribution is 2.22. The molecule has 7 nitrogen and oxygen atoms in total. The zero-order chi connectivity index (χ0) is 17.6. The number of aryl methyl sites for hydroxylation is 1. The van der Waals surface area contributed by atoms with Gasteiger partial charge in [0.05, 0.1) is 12.4 Å². The molecule has 1 saturated heterocycles. The summed E-state index contributed by atoms with van der Waals surface area (Å²) in [7, 11) is 0. The Labute approximate surface area is 144 Å². The molecule has 1 aliphatic rings. The smallest absolute Gasteiger partial charge is 0.344 e. The molecule has 1 aromatic rings. The van der Waals surface area contributed by atoms with Crippen molar-refractivity contribution in [3.8, 4) is 0 Å². The zero-order valence-corrected chi connectivity index (χ0v) is 14.3. The maximum absolute atomic E-state index is 12.5. The SMILES string of the molecule is C[C@]1(CCc2ccccc2)NC(=O)N(NC(=O)CSCCO)C1=O. The van der Waals surface area contributed by atoms with Gasteiger partial charge in [0.2, 0.25) is 5.91 Å². The van der Waals surface area contributed by atoms with E-state index in [1.807, 2.05) is 30.3 Å². The number of carbonyl (C=O) groups excluding carboxylic acids is 3. The van der Waals surface area contributed by atoms with Crippen molar-refractivity contribution < 1.29 is 19.5 Å². The fourth-order valence-corrected chi connectivity index (χ4v) is 2.90. The highest BCUT2D eigenvalue weighted by molar-refractivity contribution is 7.99. The van der Waals surface area contributed by atoms with E-state index in [1.165, 1.54) is 11.8 Å². The normalized spacial score (nSPS) is 20.2. The molecule has 3 N–H and O–H groups in total. The lowest BCUT2D eigenvalue weighted by molar-refractivity contribution is -0.138. The first-order chi connectivity index (χ1) is 11.5. The van der Waals surface area contributed by atoms with E-state index in [0.717, 1.165) is 10.6 Å². The van der Waals surface area contributed by atoms with E-state index in [9.17, 15) is 14.4 Å². The Bertz CT molecular complexity index is 611. The van der Waals surface area contributed by atoms with E-state index >= 15 is 0 Å². The van der Waals surface area contributed by atoms with Crippen LogP contribution < -0.4 is 10.7 Å². The Morgan fingerprint density at radius 2 is 2.04 bits per heavy atom. The minimum absolute atomic E-state index is 0.0291. The predicted octanol–water partition coefficient (Wildman–Crippen LogP) is 0.686. The van der Waals surface area contributed by atoms with Gasteiger partial charge < -0.3 is 10.4 Å². The Morgan fingerprint density at radius 1 is 1.33 bits per heavy atom. The molecule has 1 aromatic carbocycles. The van der Waals surface area contributed by atoms with E-state index in [1.54, 1.807) is 6.92 Å². The Kier molecular flexibility index (Phi) is 6.22. The number of nitrogens with zero attached hydrogens (tertiary/aromatic N) is 1. The highest BCUT2D eigenvalue weighted by Gasteiger charge is 2.48. The first-order valence-electron chi connectivity index (χ1n) is 7.65. The minimum Gasteiger partial charge on any atom is -0.396 e. The van der Waals surface area contributed by atoms with Crippen LogP contribution >= 0.6 is 11.8 Å². The quantitative estimate of drug-likeness (QED) is 0.473. The highest BCUT2D eigenvalue weighted by atomic mass is 32.2. The number of hydrogen-bond acceptors (Lipinski definition) is 5. The lowest BCUT2D eigenvalue weighted by Gasteiger charge is -2.21. The lowest BCUT2D eigenvalue weighted by atomic mass is 9.93. The first kappa shape index (κ1) is 18.3. The molecule has 0 radical (unpaired) electrons. The van der Waals surface area contributed by atoms with Crippen LogP contribution in [0.25, 0.3) is 0 Å². The zero-order valence-electron chi connectivity index (χ0n) is 13.4. The number of hydrogen-bond donors (Lipinski definition) is 3. The van der Waals surface area contributed by atoms with Gasteiger partial charge >= 0.3 is 6.03 Å². The molecular formula is C16H21N3O4S. The fourth-order valence-electron chi connectivity index (χ4n) is 2.38. The van der Waals surface area contributed by atoms with Crippen LogP contribution in [0.3, 0.4) is 0 Å². The Morgan fingerprint density at radius 3 is 2.71 bits per heavy atom. The van der Waals surface area contributed by atoms with E-state index in [-0.39, 0.29) is 12.4 Å². The van der Waals surface area contributed by atoms with Crippen LogP contribution in [0.4, 0.5) is 4.79 Å². The van der Waals surface area contributed by atoms with Crippen LogP contribution in [0.5, 0.6) is 0 Å². The molecule has 0 aromatic heterocycles. The van der Waals surface area contributed by atoms with Crippen LogP contribution in [0.1, 0.15) is 18.9 Å². The van der Waals surface area contributed by atoms with E-state index in [4.69, 9.17) is 5.11 Å². The molecule has 1 fully saturated rings. The molecular weight excluding hydrogens is 330 g/mol. The van der Waals surface area contributed by atoms with Crippen molar-refractivity contribution in [3.05, 3.63) is 35.9 Å². The summed E-state index contributed by atoms with van der Waals surface area (Å²) in [5, 5.41) is 12.1. The second-order valence-corrected chi connectivity index (χ2v) is 6.80. The van der Waals surface area contributed by atoms with Crippen molar-refractivity contribution in [1.82, 2.24) is 15.8 Å². The van der Waals surface area contributed by atoms with Crippen molar-refractivity contribution in [1.29, 1.82) is 0 Å². The molecule has 2 rings (SSSR count). The van der Waals surface area contributed by atoms with Crippen molar-refractivity contribution >= 4 is 29.6 Å². The summed E-state index contributed by atoms with van der Waals surface area (Å²) in [6.07, 6.45) is 1.07. The fraction of sp³-hybridized carbons (Fsp3) is 0.438. The standard InChI is InChI=1S/C16H21N3O4S/c1-16(8-7-12-5-3-2-4-6-12)14(22)19(15(23)17-16)18-13(21)11-24-10-9-20/h2-6,20H,7-11H2,1H3,(H,17,23)(H,18,21)/t16-/m1/s1. The number of imide groups is 1. The summed E-state index contributed by atoms with van der Waals surface area (Å²) in [5.41, 5.74) is 2.35. The molecule has 130 valence electrons. The third-order valence-corrected chi connectivity index (χ3v) is 4.66. The Balaban J connectivity index is 1.93. The topological polar surface area (TPSA) is 98.7 Å². The molecule has 1 atom stereocenters. The van der Waals surface area contributed by atoms with Crippen molar-refractivity contribution in [3.63, 3.8) is 0 Å². The molecule has 0 aliphatic carbocycles. The number of rotatable bonds is 8. The molecule has 0 bridgehead atoms. The number of amides is 4. The number of aliphatic hydroxyl groups is 1. The number of aliphatic hydroxyl groups excluding tert-OH is 1. The summed E-state index contributed by atoms with van der Waals surface area (Å²) in [4.78, 5) is 36.3. The van der Waals surface area contributed by atoms with Gasteiger partial charge in [0, 0.05) is 5.75 Å². The maximum Gasteiger partial charge on any atom is 0.344 e. The summed E-state index contributed by atoms with van der Waals surface area (Å²) >= 11 is 1.22. The molecule has 4 amide bonds. The van der Waals surface area contributed by atoms with Crippen LogP contribution in [-0.2, 0) is 16.0 Å². The molecule has 1 aliphatic heterocycles. The first-order valence-corrected chi connectivity index (χ1v) is 8.80. The molecule has 8 heteroatoms. The average molecular weight is 351 g/mol. The van der Waals surface area contributed by atoms with Gasteiger partial charge in [-0.05, 0) is 25.3 Å². The minimum atomic E-state index is -1.04. The summed E-state index contributed by atoms with van der Waals surface area (Å²) < 4.78 is 0. The second kappa shape index (κ2) is 8.16. The number of benzene rings is 1. The van der Waals surface area contributed by atoms with Gasteiger partial charge in [0.15, 0.2) is 0 Å². The van der Waals surface area contributed by atoms with Crippen LogP contribution in [0.15, 0.2) is 30.3 Å². The number of nitrogens with one attached hydrogen (secondary N) is 2. The largest absolute Gasteiger partial charge is 0.396 e. The summed E-state index contributed by atoms with van der Waals surface area (Å²) in [5.74, 6) is -0.436. The lowest BCUT2D eigenvalue weighted by Crippen LogP contribution is -2.49. The third-order valence-electron chi connectivity index (χ3n) is 3.72. The van der Waals surface area contributed by atoms with Crippen molar-refractivity contribution in [2.75, 3.05) is 18.1 Å². The van der Waals surface area contributed by atoms with E-state index in [2.05, 4.69) is 10.7 Å². The van der Waals surface area contributed by atoms with E-state index in [0.29, 0.717) is 18.6 Å². The number of thioether (sulfide) groups is 1. The molecule has 0 unspecified atom stereocenters. The molecule has 24 heavy (non-hydrogen) atoms.